The van der Waals surface area contributed by atoms with E-state index in [2.05, 4.69) is 17.2 Å². The van der Waals surface area contributed by atoms with Gasteiger partial charge >= 0.3 is 0 Å². The number of hydrogen-bond acceptors (Lipinski definition) is 2. The molecule has 0 unspecified atom stereocenters. The van der Waals surface area contributed by atoms with Gasteiger partial charge in [0.1, 0.15) is 5.82 Å². The van der Waals surface area contributed by atoms with Crippen LogP contribution in [0.4, 0.5) is 10.3 Å². The molecular formula is C20H20FN3O. The molecule has 4 nitrogen and oxygen atoms in total. The van der Waals surface area contributed by atoms with Crippen molar-refractivity contribution >= 4 is 22.9 Å². The minimum Gasteiger partial charge on any atom is -0.310 e. The van der Waals surface area contributed by atoms with Crippen LogP contribution in [0.2, 0.25) is 0 Å². The van der Waals surface area contributed by atoms with Crippen LogP contribution < -0.4 is 5.32 Å². The van der Waals surface area contributed by atoms with Crippen LogP contribution in [0.1, 0.15) is 31.7 Å². The molecule has 4 rings (SSSR count). The van der Waals surface area contributed by atoms with Crippen molar-refractivity contribution in [2.75, 3.05) is 5.32 Å². The maximum absolute atomic E-state index is 13.2. The molecule has 1 amide bonds. The summed E-state index contributed by atoms with van der Waals surface area (Å²) in [6.07, 6.45) is 2.50. The van der Waals surface area contributed by atoms with E-state index in [-0.39, 0.29) is 11.7 Å². The van der Waals surface area contributed by atoms with Crippen LogP contribution in [-0.2, 0) is 16.8 Å². The molecule has 1 aliphatic carbocycles. The first kappa shape index (κ1) is 15.8. The molecule has 1 saturated carbocycles. The van der Waals surface area contributed by atoms with Crippen molar-refractivity contribution in [2.45, 2.75) is 38.1 Å². The molecule has 1 heterocycles. The fourth-order valence-electron chi connectivity index (χ4n) is 3.38. The van der Waals surface area contributed by atoms with Gasteiger partial charge in [-0.05, 0) is 49.1 Å². The Morgan fingerprint density at radius 3 is 2.60 bits per heavy atom. The van der Waals surface area contributed by atoms with Gasteiger partial charge in [-0.2, -0.15) is 0 Å². The number of nitrogens with one attached hydrogen (secondary N) is 1. The molecule has 2 aromatic carbocycles. The fraction of sp³-hybridized carbons (Fsp3) is 0.300. The van der Waals surface area contributed by atoms with E-state index in [0.29, 0.717) is 5.95 Å². The van der Waals surface area contributed by atoms with E-state index in [1.54, 1.807) is 12.1 Å². The fourth-order valence-corrected chi connectivity index (χ4v) is 3.38. The van der Waals surface area contributed by atoms with Crippen molar-refractivity contribution in [3.63, 3.8) is 0 Å². The minimum atomic E-state index is -0.553. The van der Waals surface area contributed by atoms with E-state index in [1.165, 1.54) is 12.1 Å². The molecule has 1 aliphatic rings. The molecule has 3 aromatic rings. The number of hydrogen-bond donors (Lipinski definition) is 1. The lowest BCUT2D eigenvalue weighted by Gasteiger charge is -2.16. The maximum Gasteiger partial charge on any atom is 0.237 e. The van der Waals surface area contributed by atoms with E-state index in [1.807, 2.05) is 28.8 Å². The molecule has 0 bridgehead atoms. The Bertz CT molecular complexity index is 926. The number of aromatic nitrogens is 2. The molecule has 0 aliphatic heterocycles. The number of carbonyl (C=O) groups excluding carboxylic acids is 1. The second kappa shape index (κ2) is 5.99. The molecule has 5 heteroatoms. The van der Waals surface area contributed by atoms with Gasteiger partial charge in [-0.15, -0.1) is 0 Å². The molecule has 0 radical (unpaired) electrons. The first-order valence-corrected chi connectivity index (χ1v) is 8.67. The average molecular weight is 337 g/mol. The maximum atomic E-state index is 13.2. The Morgan fingerprint density at radius 2 is 1.92 bits per heavy atom. The van der Waals surface area contributed by atoms with E-state index in [4.69, 9.17) is 0 Å². The lowest BCUT2D eigenvalue weighted by atomic mass is 9.95. The van der Waals surface area contributed by atoms with E-state index in [9.17, 15) is 9.18 Å². The Hall–Kier alpha value is -2.69. The van der Waals surface area contributed by atoms with Crippen LogP contribution >= 0.6 is 0 Å². The van der Waals surface area contributed by atoms with Crippen molar-refractivity contribution in [2.24, 2.45) is 0 Å². The summed E-state index contributed by atoms with van der Waals surface area (Å²) in [6.45, 7) is 2.89. The van der Waals surface area contributed by atoms with Gasteiger partial charge in [0.15, 0.2) is 0 Å². The van der Waals surface area contributed by atoms with Crippen molar-refractivity contribution in [3.05, 3.63) is 59.9 Å². The Labute approximate surface area is 145 Å². The molecule has 0 spiro atoms. The van der Waals surface area contributed by atoms with Gasteiger partial charge in [-0.1, -0.05) is 31.2 Å². The minimum absolute atomic E-state index is 0.0632. The number of anilines is 1. The summed E-state index contributed by atoms with van der Waals surface area (Å²) >= 11 is 0. The average Bonchev–Trinajstić information content (AvgIpc) is 3.36. The monoisotopic (exact) mass is 337 g/mol. The topological polar surface area (TPSA) is 46.9 Å². The van der Waals surface area contributed by atoms with Crippen LogP contribution in [0, 0.1) is 5.82 Å². The van der Waals surface area contributed by atoms with Crippen LogP contribution in [0.5, 0.6) is 0 Å². The third kappa shape index (κ3) is 2.69. The van der Waals surface area contributed by atoms with Crippen molar-refractivity contribution in [3.8, 4) is 0 Å². The zero-order valence-electron chi connectivity index (χ0n) is 14.1. The van der Waals surface area contributed by atoms with Crippen molar-refractivity contribution in [1.82, 2.24) is 9.55 Å². The number of aryl methyl sites for hydroxylation is 1. The highest BCUT2D eigenvalue weighted by atomic mass is 19.1. The van der Waals surface area contributed by atoms with Gasteiger partial charge in [0.25, 0.3) is 0 Å². The molecule has 0 saturated heterocycles. The number of benzene rings is 2. The third-order valence-electron chi connectivity index (χ3n) is 4.91. The predicted octanol–water partition coefficient (Wildman–Crippen LogP) is 4.26. The molecule has 1 fully saturated rings. The van der Waals surface area contributed by atoms with E-state index in [0.717, 1.165) is 42.4 Å². The summed E-state index contributed by atoms with van der Waals surface area (Å²) in [5.74, 6) is 0.234. The van der Waals surface area contributed by atoms with Crippen LogP contribution in [0.25, 0.3) is 11.0 Å². The first-order valence-electron chi connectivity index (χ1n) is 8.67. The summed E-state index contributed by atoms with van der Waals surface area (Å²) in [4.78, 5) is 17.5. The predicted molar refractivity (Wildman–Crippen MR) is 96.0 cm³/mol. The number of imidazole rings is 1. The molecule has 128 valence electrons. The number of para-hydroxylation sites is 2. The number of rotatable bonds is 5. The molecule has 1 aromatic heterocycles. The van der Waals surface area contributed by atoms with Crippen molar-refractivity contribution in [1.29, 1.82) is 0 Å². The van der Waals surface area contributed by atoms with Gasteiger partial charge in [-0.25, -0.2) is 9.37 Å². The van der Waals surface area contributed by atoms with Crippen LogP contribution in [-0.4, -0.2) is 15.5 Å². The number of amides is 1. The number of halogens is 1. The van der Waals surface area contributed by atoms with E-state index >= 15 is 0 Å². The summed E-state index contributed by atoms with van der Waals surface area (Å²) in [6, 6.07) is 14.1. The zero-order valence-corrected chi connectivity index (χ0v) is 14.1. The quantitative estimate of drug-likeness (QED) is 0.756. The van der Waals surface area contributed by atoms with E-state index < -0.39 is 5.41 Å². The highest BCUT2D eigenvalue weighted by Gasteiger charge is 2.51. The third-order valence-corrected chi connectivity index (χ3v) is 4.91. The Balaban J connectivity index is 1.66. The number of carbonyl (C=O) groups is 1. The van der Waals surface area contributed by atoms with Gasteiger partial charge in [0.2, 0.25) is 11.9 Å². The number of fused-ring (bicyclic) bond motifs is 1. The van der Waals surface area contributed by atoms with Crippen LogP contribution in [0.15, 0.2) is 48.5 Å². The summed E-state index contributed by atoms with van der Waals surface area (Å²) in [5.41, 5.74) is 2.21. The molecule has 0 atom stereocenters. The summed E-state index contributed by atoms with van der Waals surface area (Å²) in [5, 5.41) is 3.02. The zero-order chi connectivity index (χ0) is 17.4. The molecule has 1 N–H and O–H groups in total. The SMILES string of the molecule is CCCn1c(NC(=O)C2(c3ccc(F)cc3)CC2)nc2ccccc21. The number of nitrogens with zero attached hydrogens (tertiary/aromatic N) is 2. The lowest BCUT2D eigenvalue weighted by Crippen LogP contribution is -2.29. The smallest absolute Gasteiger partial charge is 0.237 e. The van der Waals surface area contributed by atoms with Gasteiger partial charge in [-0.3, -0.25) is 10.1 Å². The lowest BCUT2D eigenvalue weighted by molar-refractivity contribution is -0.118. The Morgan fingerprint density at radius 1 is 1.20 bits per heavy atom. The summed E-state index contributed by atoms with van der Waals surface area (Å²) in [7, 11) is 0. The summed E-state index contributed by atoms with van der Waals surface area (Å²) < 4.78 is 15.2. The highest BCUT2D eigenvalue weighted by Crippen LogP contribution is 2.49. The first-order chi connectivity index (χ1) is 12.1. The molecular weight excluding hydrogens is 317 g/mol. The van der Waals surface area contributed by atoms with Gasteiger partial charge in [0.05, 0.1) is 16.4 Å². The second-order valence-electron chi connectivity index (χ2n) is 6.62. The van der Waals surface area contributed by atoms with Gasteiger partial charge < -0.3 is 4.57 Å². The van der Waals surface area contributed by atoms with Crippen molar-refractivity contribution < 1.29 is 9.18 Å². The normalized spacial score (nSPS) is 15.3. The standard InChI is InChI=1S/C20H20FN3O/c1-2-13-24-17-6-4-3-5-16(17)22-19(24)23-18(25)20(11-12-20)14-7-9-15(21)10-8-14/h3-10H,2,11-13H2,1H3,(H,22,23,25). The second-order valence-corrected chi connectivity index (χ2v) is 6.62. The molecule has 25 heavy (non-hydrogen) atoms. The Kier molecular flexibility index (Phi) is 3.79. The highest BCUT2D eigenvalue weighted by molar-refractivity contribution is 6.01. The van der Waals surface area contributed by atoms with Gasteiger partial charge in [0, 0.05) is 6.54 Å². The largest absolute Gasteiger partial charge is 0.310 e. The van der Waals surface area contributed by atoms with Crippen LogP contribution in [0.3, 0.4) is 0 Å².